The molecule has 2 heterocycles. The number of benzene rings is 1. The number of hydrogen-bond acceptors (Lipinski definition) is 6. The first-order valence-corrected chi connectivity index (χ1v) is 9.60. The van der Waals surface area contributed by atoms with Crippen LogP contribution in [0.3, 0.4) is 0 Å². The van der Waals surface area contributed by atoms with Gasteiger partial charge in [0.2, 0.25) is 11.1 Å². The molecule has 7 nitrogen and oxygen atoms in total. The molecule has 2 N–H and O–H groups in total. The number of ether oxygens (including phenoxy) is 1. The van der Waals surface area contributed by atoms with Crippen molar-refractivity contribution in [3.63, 3.8) is 0 Å². The Balaban J connectivity index is 1.91. The molecule has 1 atom stereocenters. The lowest BCUT2D eigenvalue weighted by molar-refractivity contribution is -0.113. The predicted octanol–water partition coefficient (Wildman–Crippen LogP) is 3.54. The maximum Gasteiger partial charge on any atom is 0.255 e. The number of anilines is 2. The summed E-state index contributed by atoms with van der Waals surface area (Å²) in [6.45, 7) is 6.05. The number of carbonyl (C=O) groups is 1. The molecule has 138 valence electrons. The van der Waals surface area contributed by atoms with Crippen LogP contribution in [0, 0.1) is 5.92 Å². The van der Waals surface area contributed by atoms with Crippen LogP contribution in [-0.4, -0.2) is 34.0 Å². The Bertz CT molecular complexity index is 842. The maximum atomic E-state index is 13.0. The van der Waals surface area contributed by atoms with Crippen LogP contribution in [0.25, 0.3) is 0 Å². The molecule has 1 unspecified atom stereocenters. The third-order valence-electron chi connectivity index (χ3n) is 4.28. The van der Waals surface area contributed by atoms with Gasteiger partial charge in [0.25, 0.3) is 5.91 Å². The van der Waals surface area contributed by atoms with Crippen molar-refractivity contribution in [1.82, 2.24) is 14.8 Å². The molecular weight excluding hydrogens is 350 g/mol. The average Bonchev–Trinajstić information content (AvgIpc) is 3.03. The Kier molecular flexibility index (Phi) is 5.22. The van der Waals surface area contributed by atoms with Gasteiger partial charge in [-0.2, -0.15) is 4.98 Å². The average molecular weight is 373 g/mol. The van der Waals surface area contributed by atoms with E-state index in [4.69, 9.17) is 4.74 Å². The number of nitrogens with zero attached hydrogens (tertiary/aromatic N) is 3. The summed E-state index contributed by atoms with van der Waals surface area (Å²) in [5, 5.41) is 11.4. The van der Waals surface area contributed by atoms with E-state index in [0.717, 1.165) is 11.4 Å². The van der Waals surface area contributed by atoms with Crippen molar-refractivity contribution in [2.24, 2.45) is 5.92 Å². The van der Waals surface area contributed by atoms with E-state index >= 15 is 0 Å². The second-order valence-electron chi connectivity index (χ2n) is 6.40. The molecule has 0 saturated heterocycles. The monoisotopic (exact) mass is 373 g/mol. The van der Waals surface area contributed by atoms with Crippen LogP contribution in [0.5, 0.6) is 5.75 Å². The largest absolute Gasteiger partial charge is 0.497 e. The molecule has 1 aliphatic heterocycles. The normalized spacial score (nSPS) is 16.3. The molecule has 1 aliphatic rings. The zero-order valence-corrected chi connectivity index (χ0v) is 16.3. The maximum absolute atomic E-state index is 13.0. The van der Waals surface area contributed by atoms with E-state index < -0.39 is 0 Å². The smallest absolute Gasteiger partial charge is 0.255 e. The summed E-state index contributed by atoms with van der Waals surface area (Å²) >= 11 is 1.48. The lowest BCUT2D eigenvalue weighted by Gasteiger charge is -2.30. The van der Waals surface area contributed by atoms with Crippen LogP contribution in [0.2, 0.25) is 0 Å². The molecule has 1 aromatic heterocycles. The molecule has 0 spiro atoms. The van der Waals surface area contributed by atoms with Crippen LogP contribution in [0.15, 0.2) is 40.7 Å². The van der Waals surface area contributed by atoms with Crippen molar-refractivity contribution >= 4 is 29.3 Å². The molecule has 0 fully saturated rings. The first-order valence-electron chi connectivity index (χ1n) is 8.38. The van der Waals surface area contributed by atoms with Crippen molar-refractivity contribution in [3.05, 3.63) is 35.5 Å². The van der Waals surface area contributed by atoms with E-state index in [0.29, 0.717) is 22.4 Å². The van der Waals surface area contributed by atoms with Crippen LogP contribution in [0.4, 0.5) is 11.6 Å². The SMILES string of the molecule is COc1ccc(NC(=O)C2=C(C)Nc3nc(SC)nn3C2C(C)C)cc1. The number of allylic oxidation sites excluding steroid dienone is 1. The number of amides is 1. The summed E-state index contributed by atoms with van der Waals surface area (Å²) in [7, 11) is 1.61. The highest BCUT2D eigenvalue weighted by Gasteiger charge is 2.34. The number of rotatable bonds is 5. The summed E-state index contributed by atoms with van der Waals surface area (Å²) in [5.74, 6) is 1.45. The molecule has 0 saturated carbocycles. The minimum absolute atomic E-state index is 0.147. The third-order valence-corrected chi connectivity index (χ3v) is 4.82. The minimum atomic E-state index is -0.183. The van der Waals surface area contributed by atoms with Crippen LogP contribution in [-0.2, 0) is 4.79 Å². The first kappa shape index (κ1) is 18.3. The molecule has 1 amide bonds. The topological polar surface area (TPSA) is 81.1 Å². The fourth-order valence-corrected chi connectivity index (χ4v) is 3.39. The minimum Gasteiger partial charge on any atom is -0.497 e. The quantitative estimate of drug-likeness (QED) is 0.780. The van der Waals surface area contributed by atoms with Gasteiger partial charge in [-0.05, 0) is 43.4 Å². The van der Waals surface area contributed by atoms with Crippen LogP contribution >= 0.6 is 11.8 Å². The zero-order valence-electron chi connectivity index (χ0n) is 15.5. The van der Waals surface area contributed by atoms with Gasteiger partial charge in [0, 0.05) is 11.4 Å². The highest BCUT2D eigenvalue weighted by Crippen LogP contribution is 2.36. The van der Waals surface area contributed by atoms with Crippen LogP contribution in [0.1, 0.15) is 26.8 Å². The molecule has 2 aromatic rings. The van der Waals surface area contributed by atoms with Crippen molar-refractivity contribution < 1.29 is 9.53 Å². The van der Waals surface area contributed by atoms with E-state index in [1.165, 1.54) is 11.8 Å². The second kappa shape index (κ2) is 7.41. The number of fused-ring (bicyclic) bond motifs is 1. The van der Waals surface area contributed by atoms with Gasteiger partial charge < -0.3 is 15.4 Å². The summed E-state index contributed by atoms with van der Waals surface area (Å²) in [6, 6.07) is 7.09. The zero-order chi connectivity index (χ0) is 18.8. The van der Waals surface area contributed by atoms with Crippen LogP contribution < -0.4 is 15.4 Å². The Morgan fingerprint density at radius 3 is 2.62 bits per heavy atom. The summed E-state index contributed by atoms with van der Waals surface area (Å²) in [4.78, 5) is 17.5. The Labute approximate surface area is 157 Å². The van der Waals surface area contributed by atoms with Gasteiger partial charge >= 0.3 is 0 Å². The molecule has 0 bridgehead atoms. The van der Waals surface area contributed by atoms with E-state index in [9.17, 15) is 4.79 Å². The standard InChI is InChI=1S/C18H23N5O2S/c1-10(2)15-14(11(3)19-17-21-18(26-5)22-23(15)17)16(24)20-12-6-8-13(25-4)9-7-12/h6-10,15H,1-5H3,(H,20,24)(H,19,21,22). The number of hydrogen-bond donors (Lipinski definition) is 2. The highest BCUT2D eigenvalue weighted by atomic mass is 32.2. The third kappa shape index (κ3) is 3.41. The number of carbonyl (C=O) groups excluding carboxylic acids is 1. The summed E-state index contributed by atoms with van der Waals surface area (Å²) in [5.41, 5.74) is 2.18. The van der Waals surface area contributed by atoms with E-state index in [1.807, 2.05) is 42.1 Å². The van der Waals surface area contributed by atoms with Gasteiger partial charge in [-0.3, -0.25) is 4.79 Å². The lowest BCUT2D eigenvalue weighted by atomic mass is 9.92. The van der Waals surface area contributed by atoms with Crippen molar-refractivity contribution in [3.8, 4) is 5.75 Å². The van der Waals surface area contributed by atoms with Gasteiger partial charge in [0.05, 0.1) is 18.7 Å². The van der Waals surface area contributed by atoms with Crippen molar-refractivity contribution in [2.45, 2.75) is 32.0 Å². The molecular formula is C18H23N5O2S. The van der Waals surface area contributed by atoms with Gasteiger partial charge in [-0.25, -0.2) is 4.68 Å². The summed E-state index contributed by atoms with van der Waals surface area (Å²) in [6.07, 6.45) is 1.93. The molecule has 26 heavy (non-hydrogen) atoms. The number of nitrogens with one attached hydrogen (secondary N) is 2. The first-order chi connectivity index (χ1) is 12.4. The fraction of sp³-hybridized carbons (Fsp3) is 0.389. The molecule has 3 rings (SSSR count). The van der Waals surface area contributed by atoms with Gasteiger partial charge in [0.15, 0.2) is 0 Å². The Morgan fingerprint density at radius 2 is 2.04 bits per heavy atom. The van der Waals surface area contributed by atoms with Crippen molar-refractivity contribution in [2.75, 3.05) is 24.0 Å². The van der Waals surface area contributed by atoms with Gasteiger partial charge in [0.1, 0.15) is 5.75 Å². The van der Waals surface area contributed by atoms with Crippen molar-refractivity contribution in [1.29, 1.82) is 0 Å². The highest BCUT2D eigenvalue weighted by molar-refractivity contribution is 7.98. The fourth-order valence-electron chi connectivity index (χ4n) is 3.04. The molecule has 8 heteroatoms. The molecule has 0 aliphatic carbocycles. The predicted molar refractivity (Wildman–Crippen MR) is 104 cm³/mol. The Hall–Kier alpha value is -2.48. The van der Waals surface area contributed by atoms with E-state index in [2.05, 4.69) is 34.6 Å². The van der Waals surface area contributed by atoms with Gasteiger partial charge in [-0.15, -0.1) is 5.10 Å². The number of thioether (sulfide) groups is 1. The lowest BCUT2D eigenvalue weighted by Crippen LogP contribution is -2.33. The second-order valence-corrected chi connectivity index (χ2v) is 7.18. The van der Waals surface area contributed by atoms with E-state index in [1.54, 1.807) is 7.11 Å². The van der Waals surface area contributed by atoms with E-state index in [-0.39, 0.29) is 17.9 Å². The number of methoxy groups -OCH3 is 1. The Morgan fingerprint density at radius 1 is 1.35 bits per heavy atom. The number of aromatic nitrogens is 3. The summed E-state index contributed by atoms with van der Waals surface area (Å²) < 4.78 is 6.97. The molecule has 1 aromatic carbocycles. The van der Waals surface area contributed by atoms with Gasteiger partial charge in [-0.1, -0.05) is 25.6 Å². The molecule has 0 radical (unpaired) electrons.